The maximum Gasteiger partial charge on any atom is 0.260 e. The number of morpholine rings is 1. The molecule has 0 saturated carbocycles. The molecule has 1 aliphatic heterocycles. The first-order chi connectivity index (χ1) is 18.1. The van der Waals surface area contributed by atoms with E-state index in [0.717, 1.165) is 46.4 Å². The van der Waals surface area contributed by atoms with Gasteiger partial charge in [-0.05, 0) is 28.3 Å². The molecule has 0 unspecified atom stereocenters. The summed E-state index contributed by atoms with van der Waals surface area (Å²) in [4.78, 5) is 14.5. The first-order valence-corrected chi connectivity index (χ1v) is 12.6. The molecule has 192 valence electrons. The fourth-order valence-electron chi connectivity index (χ4n) is 4.65. The molecule has 37 heavy (non-hydrogen) atoms. The number of ether oxygens (including phenoxy) is 2. The second-order valence-electron chi connectivity index (χ2n) is 9.04. The van der Waals surface area contributed by atoms with Crippen LogP contribution >= 0.6 is 0 Å². The van der Waals surface area contributed by atoms with Crippen LogP contribution in [-0.2, 0) is 29.4 Å². The van der Waals surface area contributed by atoms with Crippen molar-refractivity contribution >= 4 is 5.91 Å². The van der Waals surface area contributed by atoms with Crippen molar-refractivity contribution in [1.82, 2.24) is 35.3 Å². The highest BCUT2D eigenvalue weighted by molar-refractivity contribution is 5.80. The molecule has 1 saturated heterocycles. The van der Waals surface area contributed by atoms with Crippen molar-refractivity contribution in [2.24, 2.45) is 7.05 Å². The normalized spacial score (nSPS) is 13.6. The molecule has 2 aromatic carbocycles. The molecule has 5 rings (SSSR count). The molecular formula is C27H31N7O3. The Morgan fingerprint density at radius 1 is 1.08 bits per heavy atom. The quantitative estimate of drug-likeness (QED) is 0.375. The second kappa shape index (κ2) is 11.3. The second-order valence-corrected chi connectivity index (χ2v) is 9.04. The van der Waals surface area contributed by atoms with Crippen LogP contribution in [-0.4, -0.2) is 74.1 Å². The Bertz CT molecular complexity index is 1330. The van der Waals surface area contributed by atoms with Gasteiger partial charge in [-0.25, -0.2) is 4.68 Å². The fourth-order valence-corrected chi connectivity index (χ4v) is 4.65. The van der Waals surface area contributed by atoms with Crippen LogP contribution in [0.15, 0.2) is 48.5 Å². The highest BCUT2D eigenvalue weighted by Crippen LogP contribution is 2.31. The summed E-state index contributed by atoms with van der Waals surface area (Å²) in [6, 6.07) is 16.5. The topological polar surface area (TPSA) is 111 Å². The molecular weight excluding hydrogens is 470 g/mol. The molecule has 0 aliphatic carbocycles. The molecule has 2 aromatic heterocycles. The zero-order valence-electron chi connectivity index (χ0n) is 21.2. The van der Waals surface area contributed by atoms with Crippen LogP contribution in [0, 0.1) is 0 Å². The van der Waals surface area contributed by atoms with E-state index in [0.29, 0.717) is 44.4 Å². The lowest BCUT2D eigenvalue weighted by Gasteiger charge is -2.26. The molecule has 0 radical (unpaired) electrons. The highest BCUT2D eigenvalue weighted by Gasteiger charge is 2.22. The van der Waals surface area contributed by atoms with E-state index in [1.807, 2.05) is 25.2 Å². The van der Waals surface area contributed by atoms with Gasteiger partial charge in [-0.2, -0.15) is 10.3 Å². The van der Waals surface area contributed by atoms with Crippen molar-refractivity contribution in [3.63, 3.8) is 0 Å². The third-order valence-electron chi connectivity index (χ3n) is 6.51. The third kappa shape index (κ3) is 5.54. The summed E-state index contributed by atoms with van der Waals surface area (Å²) in [6.07, 6.45) is 2.49. The van der Waals surface area contributed by atoms with Crippen molar-refractivity contribution in [2.45, 2.75) is 26.2 Å². The van der Waals surface area contributed by atoms with Crippen LogP contribution in [0.1, 0.15) is 30.2 Å². The lowest BCUT2D eigenvalue weighted by atomic mass is 9.96. The van der Waals surface area contributed by atoms with Gasteiger partial charge in [-0.15, -0.1) is 10.2 Å². The number of carbonyl (C=O) groups is 1. The minimum atomic E-state index is -0.0305. The molecule has 4 aromatic rings. The zero-order valence-corrected chi connectivity index (χ0v) is 21.2. The van der Waals surface area contributed by atoms with Gasteiger partial charge in [-0.3, -0.25) is 4.79 Å². The molecule has 0 atom stereocenters. The summed E-state index contributed by atoms with van der Waals surface area (Å²) in [5, 5.41) is 19.2. The first-order valence-electron chi connectivity index (χ1n) is 12.6. The number of aryl methyl sites for hydroxylation is 2. The van der Waals surface area contributed by atoms with Gasteiger partial charge in [-0.1, -0.05) is 61.9 Å². The van der Waals surface area contributed by atoms with Crippen LogP contribution in [0.3, 0.4) is 0 Å². The summed E-state index contributed by atoms with van der Waals surface area (Å²) in [6.45, 7) is 4.46. The molecule has 3 heterocycles. The van der Waals surface area contributed by atoms with Crippen molar-refractivity contribution in [1.29, 1.82) is 0 Å². The van der Waals surface area contributed by atoms with Gasteiger partial charge < -0.3 is 14.4 Å². The largest absolute Gasteiger partial charge is 0.468 e. The summed E-state index contributed by atoms with van der Waals surface area (Å²) in [5.41, 5.74) is 6.19. The Morgan fingerprint density at radius 2 is 1.84 bits per heavy atom. The molecule has 1 fully saturated rings. The maximum atomic E-state index is 12.7. The average Bonchev–Trinajstić information content (AvgIpc) is 3.57. The summed E-state index contributed by atoms with van der Waals surface area (Å²) >= 11 is 0. The van der Waals surface area contributed by atoms with Crippen LogP contribution in [0.5, 0.6) is 5.88 Å². The predicted octanol–water partition coefficient (Wildman–Crippen LogP) is 3.05. The molecule has 1 amide bonds. The number of H-pyrrole nitrogens is 1. The number of nitrogens with zero attached hydrogens (tertiary/aromatic N) is 6. The van der Waals surface area contributed by atoms with E-state index in [9.17, 15) is 4.79 Å². The van der Waals surface area contributed by atoms with Crippen LogP contribution in [0.4, 0.5) is 0 Å². The number of aromatic nitrogens is 6. The average molecular weight is 502 g/mol. The smallest absolute Gasteiger partial charge is 0.260 e. The Morgan fingerprint density at radius 3 is 2.54 bits per heavy atom. The van der Waals surface area contributed by atoms with Crippen molar-refractivity contribution in [3.8, 4) is 28.4 Å². The predicted molar refractivity (Wildman–Crippen MR) is 138 cm³/mol. The number of rotatable bonds is 9. The minimum Gasteiger partial charge on any atom is -0.468 e. The van der Waals surface area contributed by atoms with E-state index in [1.54, 1.807) is 9.58 Å². The van der Waals surface area contributed by atoms with E-state index in [4.69, 9.17) is 14.6 Å². The molecule has 1 N–H and O–H groups in total. The molecule has 10 nitrogen and oxygen atoms in total. The highest BCUT2D eigenvalue weighted by atomic mass is 16.5. The minimum absolute atomic E-state index is 0.0100. The van der Waals surface area contributed by atoms with E-state index >= 15 is 0 Å². The maximum absolute atomic E-state index is 12.7. The Hall–Kier alpha value is -4.05. The van der Waals surface area contributed by atoms with Gasteiger partial charge in [0.1, 0.15) is 0 Å². The van der Waals surface area contributed by atoms with Gasteiger partial charge >= 0.3 is 0 Å². The van der Waals surface area contributed by atoms with Crippen LogP contribution < -0.4 is 4.74 Å². The number of amides is 1. The molecule has 10 heteroatoms. The number of tetrazole rings is 1. The van der Waals surface area contributed by atoms with Gasteiger partial charge in [0.25, 0.3) is 5.91 Å². The van der Waals surface area contributed by atoms with Gasteiger partial charge in [0.15, 0.2) is 6.61 Å². The Kier molecular flexibility index (Phi) is 7.55. The Balaban J connectivity index is 1.36. The monoisotopic (exact) mass is 501 g/mol. The van der Waals surface area contributed by atoms with Crippen molar-refractivity contribution in [2.75, 3.05) is 32.9 Å². The summed E-state index contributed by atoms with van der Waals surface area (Å²) < 4.78 is 13.2. The SMILES string of the molecule is CCCc1nn(C)c(OCC(=O)N2CCOCC2)c1Cc1ccc(-c2ccccc2-c2nn[nH]n2)cc1. The third-order valence-corrected chi connectivity index (χ3v) is 6.51. The standard InChI is InChI=1S/C27H31N7O3/c1-3-6-24-23(27(33(2)30-24)37-18-25(35)34-13-15-36-16-14-34)17-19-9-11-20(12-10-19)21-7-4-5-8-22(21)26-28-31-32-29-26/h4-5,7-12H,3,6,13-18H2,1-2H3,(H,28,29,31,32). The number of carbonyl (C=O) groups excluding carboxylic acids is 1. The number of benzene rings is 2. The number of hydrogen-bond donors (Lipinski definition) is 1. The zero-order chi connectivity index (χ0) is 25.6. The van der Waals surface area contributed by atoms with Crippen molar-refractivity contribution in [3.05, 3.63) is 65.4 Å². The fraction of sp³-hybridized carbons (Fsp3) is 0.370. The van der Waals surface area contributed by atoms with E-state index in [2.05, 4.69) is 57.9 Å². The number of hydrogen-bond acceptors (Lipinski definition) is 7. The van der Waals surface area contributed by atoms with E-state index in [1.165, 1.54) is 0 Å². The molecule has 0 spiro atoms. The lowest BCUT2D eigenvalue weighted by Crippen LogP contribution is -2.43. The van der Waals surface area contributed by atoms with Crippen molar-refractivity contribution < 1.29 is 14.3 Å². The van der Waals surface area contributed by atoms with Gasteiger partial charge in [0, 0.05) is 37.7 Å². The lowest BCUT2D eigenvalue weighted by molar-refractivity contribution is -0.137. The summed E-state index contributed by atoms with van der Waals surface area (Å²) in [5.74, 6) is 1.18. The van der Waals surface area contributed by atoms with E-state index in [-0.39, 0.29) is 12.5 Å². The molecule has 0 bridgehead atoms. The van der Waals surface area contributed by atoms with E-state index < -0.39 is 0 Å². The molecule has 1 aliphatic rings. The summed E-state index contributed by atoms with van der Waals surface area (Å²) in [7, 11) is 1.87. The Labute approximate surface area is 215 Å². The van der Waals surface area contributed by atoms with Gasteiger partial charge in [0.05, 0.1) is 18.9 Å². The van der Waals surface area contributed by atoms with Crippen LogP contribution in [0.25, 0.3) is 22.5 Å². The first kappa shape index (κ1) is 24.6. The number of aromatic amines is 1. The van der Waals surface area contributed by atoms with Crippen LogP contribution in [0.2, 0.25) is 0 Å². The number of nitrogens with one attached hydrogen (secondary N) is 1. The van der Waals surface area contributed by atoms with Gasteiger partial charge in [0.2, 0.25) is 11.7 Å².